The van der Waals surface area contributed by atoms with Gasteiger partial charge in [0.25, 0.3) is 0 Å². The first-order valence-electron chi connectivity index (χ1n) is 6.02. The monoisotopic (exact) mass is 247 g/mol. The summed E-state index contributed by atoms with van der Waals surface area (Å²) in [6.45, 7) is 3.03. The number of hydrogen-bond acceptors (Lipinski definition) is 6. The molecule has 1 N–H and O–H groups in total. The Kier molecular flexibility index (Phi) is 4.30. The van der Waals surface area contributed by atoms with Crippen molar-refractivity contribution in [3.8, 4) is 0 Å². The van der Waals surface area contributed by atoms with Gasteiger partial charge in [0, 0.05) is 18.8 Å². The normalized spacial score (nSPS) is 12.6. The Bertz CT molecular complexity index is 467. The van der Waals surface area contributed by atoms with E-state index in [9.17, 15) is 0 Å². The zero-order valence-electron chi connectivity index (χ0n) is 10.6. The highest BCUT2D eigenvalue weighted by Crippen LogP contribution is 2.11. The Labute approximate surface area is 106 Å². The lowest BCUT2D eigenvalue weighted by Gasteiger charge is -2.14. The van der Waals surface area contributed by atoms with Crippen LogP contribution >= 0.6 is 0 Å². The first kappa shape index (κ1) is 12.6. The molecule has 2 aromatic heterocycles. The average molecular weight is 247 g/mol. The number of nitrogens with zero attached hydrogens (tertiary/aromatic N) is 6. The molecule has 7 heteroatoms. The van der Waals surface area contributed by atoms with Crippen molar-refractivity contribution >= 4 is 0 Å². The first-order chi connectivity index (χ1) is 8.79. The minimum absolute atomic E-state index is 0.0235. The van der Waals surface area contributed by atoms with Gasteiger partial charge in [-0.1, -0.05) is 6.92 Å². The molecule has 0 bridgehead atoms. The van der Waals surface area contributed by atoms with Crippen LogP contribution in [0.25, 0.3) is 0 Å². The van der Waals surface area contributed by atoms with E-state index in [4.69, 9.17) is 0 Å². The van der Waals surface area contributed by atoms with Gasteiger partial charge in [-0.15, -0.1) is 10.2 Å². The molecule has 2 rings (SSSR count). The van der Waals surface area contributed by atoms with Crippen LogP contribution in [0.1, 0.15) is 31.0 Å². The van der Waals surface area contributed by atoms with Gasteiger partial charge in [0.15, 0.2) is 5.82 Å². The lowest BCUT2D eigenvalue weighted by Crippen LogP contribution is -2.26. The third-order valence-electron chi connectivity index (χ3n) is 2.47. The molecule has 0 aliphatic rings. The van der Waals surface area contributed by atoms with E-state index in [0.717, 1.165) is 18.8 Å². The molecule has 0 spiro atoms. The topological polar surface area (TPSA) is 81.4 Å². The van der Waals surface area contributed by atoms with E-state index in [2.05, 4.69) is 37.6 Å². The summed E-state index contributed by atoms with van der Waals surface area (Å²) in [4.78, 5) is 10.0. The van der Waals surface area contributed by atoms with E-state index in [1.807, 2.05) is 0 Å². The number of rotatable bonds is 6. The van der Waals surface area contributed by atoms with Gasteiger partial charge in [0.1, 0.15) is 5.82 Å². The van der Waals surface area contributed by atoms with Gasteiger partial charge < -0.3 is 5.32 Å². The van der Waals surface area contributed by atoms with Crippen LogP contribution in [0.5, 0.6) is 0 Å². The quantitative estimate of drug-likeness (QED) is 0.789. The molecule has 2 aromatic rings. The maximum absolute atomic E-state index is 4.28. The highest BCUT2D eigenvalue weighted by atomic mass is 15.6. The lowest BCUT2D eigenvalue weighted by molar-refractivity contribution is 0.493. The molecule has 0 aliphatic carbocycles. The molecule has 0 radical (unpaired) electrons. The summed E-state index contributed by atoms with van der Waals surface area (Å²) in [5.74, 6) is 1.46. The van der Waals surface area contributed by atoms with Crippen molar-refractivity contribution in [2.45, 2.75) is 25.8 Å². The van der Waals surface area contributed by atoms with Gasteiger partial charge in [-0.05, 0) is 24.2 Å². The third-order valence-corrected chi connectivity index (χ3v) is 2.47. The second-order valence-electron chi connectivity index (χ2n) is 4.01. The van der Waals surface area contributed by atoms with Crippen molar-refractivity contribution in [1.82, 2.24) is 35.5 Å². The molecule has 1 unspecified atom stereocenters. The fourth-order valence-electron chi connectivity index (χ4n) is 1.65. The van der Waals surface area contributed by atoms with Crippen molar-refractivity contribution < 1.29 is 0 Å². The molecule has 18 heavy (non-hydrogen) atoms. The number of nitrogens with one attached hydrogen (secondary N) is 1. The Balaban J connectivity index is 2.10. The van der Waals surface area contributed by atoms with Gasteiger partial charge in [-0.3, -0.25) is 0 Å². The molecule has 0 saturated carbocycles. The van der Waals surface area contributed by atoms with Gasteiger partial charge in [0.2, 0.25) is 0 Å². The van der Waals surface area contributed by atoms with E-state index in [-0.39, 0.29) is 6.04 Å². The SMILES string of the molecule is CCCNC(Cc1nnn(C)n1)c1ncccn1. The molecule has 0 aliphatic heterocycles. The number of aromatic nitrogens is 6. The van der Waals surface area contributed by atoms with Crippen molar-refractivity contribution in [3.05, 3.63) is 30.1 Å². The Morgan fingerprint density at radius 1 is 1.33 bits per heavy atom. The third kappa shape index (κ3) is 3.30. The van der Waals surface area contributed by atoms with Crippen molar-refractivity contribution in [2.75, 3.05) is 6.54 Å². The van der Waals surface area contributed by atoms with Gasteiger partial charge in [-0.2, -0.15) is 4.80 Å². The molecule has 0 saturated heterocycles. The van der Waals surface area contributed by atoms with Crippen LogP contribution in [0.4, 0.5) is 0 Å². The molecule has 7 nitrogen and oxygen atoms in total. The second kappa shape index (κ2) is 6.15. The molecular formula is C11H17N7. The molecule has 0 fully saturated rings. The van der Waals surface area contributed by atoms with Gasteiger partial charge in [-0.25, -0.2) is 9.97 Å². The minimum atomic E-state index is 0.0235. The summed E-state index contributed by atoms with van der Waals surface area (Å²) >= 11 is 0. The van der Waals surface area contributed by atoms with Crippen LogP contribution in [-0.4, -0.2) is 36.7 Å². The fraction of sp³-hybridized carbons (Fsp3) is 0.545. The van der Waals surface area contributed by atoms with Crippen LogP contribution in [-0.2, 0) is 13.5 Å². The van der Waals surface area contributed by atoms with Crippen LogP contribution < -0.4 is 5.32 Å². The van der Waals surface area contributed by atoms with E-state index < -0.39 is 0 Å². The van der Waals surface area contributed by atoms with E-state index in [0.29, 0.717) is 12.2 Å². The smallest absolute Gasteiger partial charge is 0.176 e. The predicted molar refractivity (Wildman–Crippen MR) is 65.6 cm³/mol. The number of hydrogen-bond donors (Lipinski definition) is 1. The Morgan fingerprint density at radius 3 is 2.72 bits per heavy atom. The minimum Gasteiger partial charge on any atom is -0.307 e. The Hall–Kier alpha value is -1.89. The molecule has 0 aromatic carbocycles. The molecule has 2 heterocycles. The average Bonchev–Trinajstić information content (AvgIpc) is 2.81. The van der Waals surface area contributed by atoms with Crippen LogP contribution in [0.15, 0.2) is 18.5 Å². The zero-order chi connectivity index (χ0) is 12.8. The van der Waals surface area contributed by atoms with Crippen LogP contribution in [0, 0.1) is 0 Å². The highest BCUT2D eigenvalue weighted by Gasteiger charge is 2.16. The Morgan fingerprint density at radius 2 is 2.11 bits per heavy atom. The standard InChI is InChI=1S/C11H17N7/c1-3-5-12-9(11-13-6-4-7-14-11)8-10-15-17-18(2)16-10/h4,6-7,9,12H,3,5,8H2,1-2H3. The van der Waals surface area contributed by atoms with Gasteiger partial charge >= 0.3 is 0 Å². The number of aryl methyl sites for hydroxylation is 1. The summed E-state index contributed by atoms with van der Waals surface area (Å²) in [5, 5.41) is 15.4. The molecule has 0 amide bonds. The van der Waals surface area contributed by atoms with Crippen LogP contribution in [0.3, 0.4) is 0 Å². The molecular weight excluding hydrogens is 230 g/mol. The lowest BCUT2D eigenvalue weighted by atomic mass is 10.2. The van der Waals surface area contributed by atoms with E-state index >= 15 is 0 Å². The van der Waals surface area contributed by atoms with Crippen LogP contribution in [0.2, 0.25) is 0 Å². The van der Waals surface area contributed by atoms with Gasteiger partial charge in [0.05, 0.1) is 13.1 Å². The fourth-order valence-corrected chi connectivity index (χ4v) is 1.65. The van der Waals surface area contributed by atoms with Crippen molar-refractivity contribution in [2.24, 2.45) is 7.05 Å². The van der Waals surface area contributed by atoms with E-state index in [1.165, 1.54) is 4.80 Å². The predicted octanol–water partition coefficient (Wildman–Crippen LogP) is 0.283. The zero-order valence-corrected chi connectivity index (χ0v) is 10.6. The molecule has 96 valence electrons. The number of tetrazole rings is 1. The van der Waals surface area contributed by atoms with Crippen molar-refractivity contribution in [3.63, 3.8) is 0 Å². The summed E-state index contributed by atoms with van der Waals surface area (Å²) in [5.41, 5.74) is 0. The summed E-state index contributed by atoms with van der Waals surface area (Å²) in [6, 6.07) is 1.83. The summed E-state index contributed by atoms with van der Waals surface area (Å²) in [6.07, 6.45) is 5.18. The summed E-state index contributed by atoms with van der Waals surface area (Å²) in [7, 11) is 1.75. The van der Waals surface area contributed by atoms with Crippen molar-refractivity contribution in [1.29, 1.82) is 0 Å². The largest absolute Gasteiger partial charge is 0.307 e. The first-order valence-corrected chi connectivity index (χ1v) is 6.02. The summed E-state index contributed by atoms with van der Waals surface area (Å²) < 4.78 is 0. The highest BCUT2D eigenvalue weighted by molar-refractivity contribution is 4.99. The maximum atomic E-state index is 4.28. The second-order valence-corrected chi connectivity index (χ2v) is 4.01. The molecule has 1 atom stereocenters. The van der Waals surface area contributed by atoms with E-state index in [1.54, 1.807) is 25.5 Å². The maximum Gasteiger partial charge on any atom is 0.176 e.